The van der Waals surface area contributed by atoms with Gasteiger partial charge in [0.1, 0.15) is 5.60 Å². The Kier molecular flexibility index (Phi) is 5.76. The fourth-order valence-electron chi connectivity index (χ4n) is 2.49. The van der Waals surface area contributed by atoms with Crippen LogP contribution < -0.4 is 0 Å². The van der Waals surface area contributed by atoms with E-state index in [1.54, 1.807) is 13.8 Å². The Morgan fingerprint density at radius 1 is 1.29 bits per heavy atom. The van der Waals surface area contributed by atoms with Crippen LogP contribution in [0.4, 0.5) is 13.6 Å². The quantitative estimate of drug-likeness (QED) is 0.772. The summed E-state index contributed by atoms with van der Waals surface area (Å²) in [6.07, 6.45) is 0.110. The molecule has 1 N–H and O–H groups in total. The standard InChI is InChI=1S/C16H23F2NO5/c1-6-19(7-2)13(21)24-16(12(20)23-8-3)14(5,22)11(4)9-10-15(16,17)18/h9-10,22H,4,6-8H2,1-3,5H3/t14-,16+/m0/s1. The minimum absolute atomic E-state index is 0.179. The van der Waals surface area contributed by atoms with Gasteiger partial charge in [-0.1, -0.05) is 12.7 Å². The molecule has 0 aromatic carbocycles. The molecule has 6 nitrogen and oxygen atoms in total. The molecule has 1 rings (SSSR count). The number of rotatable bonds is 5. The van der Waals surface area contributed by atoms with Gasteiger partial charge >= 0.3 is 23.6 Å². The van der Waals surface area contributed by atoms with Crippen LogP contribution in [0.1, 0.15) is 27.7 Å². The molecule has 1 amide bonds. The van der Waals surface area contributed by atoms with Crippen LogP contribution in [0.25, 0.3) is 0 Å². The van der Waals surface area contributed by atoms with Crippen molar-refractivity contribution in [1.29, 1.82) is 0 Å². The van der Waals surface area contributed by atoms with E-state index in [1.165, 1.54) is 6.92 Å². The van der Waals surface area contributed by atoms with Gasteiger partial charge in [0.25, 0.3) is 0 Å². The van der Waals surface area contributed by atoms with E-state index >= 15 is 0 Å². The van der Waals surface area contributed by atoms with Crippen LogP contribution >= 0.6 is 0 Å². The largest absolute Gasteiger partial charge is 0.463 e. The molecule has 8 heteroatoms. The van der Waals surface area contributed by atoms with Crippen molar-refractivity contribution in [3.63, 3.8) is 0 Å². The van der Waals surface area contributed by atoms with Crippen molar-refractivity contribution in [3.05, 3.63) is 24.3 Å². The van der Waals surface area contributed by atoms with Gasteiger partial charge in [-0.2, -0.15) is 8.78 Å². The van der Waals surface area contributed by atoms with Crippen LogP contribution in [0.2, 0.25) is 0 Å². The second kappa shape index (κ2) is 6.88. The Labute approximate surface area is 139 Å². The normalized spacial score (nSPS) is 28.4. The molecule has 0 aromatic heterocycles. The molecule has 0 radical (unpaired) electrons. The van der Waals surface area contributed by atoms with Gasteiger partial charge in [-0.15, -0.1) is 0 Å². The molecular formula is C16H23F2NO5. The first kappa shape index (κ1) is 20.1. The van der Waals surface area contributed by atoms with E-state index in [0.717, 1.165) is 17.9 Å². The van der Waals surface area contributed by atoms with E-state index < -0.39 is 29.2 Å². The molecular weight excluding hydrogens is 324 g/mol. The van der Waals surface area contributed by atoms with Gasteiger partial charge in [0, 0.05) is 13.1 Å². The number of nitrogens with zero attached hydrogens (tertiary/aromatic N) is 1. The SMILES string of the molecule is C=C1C=CC(F)(F)[C@@](OC(=O)N(CC)CC)(C(=O)OCC)[C@@]1(C)O. The second-order valence-corrected chi connectivity index (χ2v) is 5.50. The fourth-order valence-corrected chi connectivity index (χ4v) is 2.49. The first-order valence-corrected chi connectivity index (χ1v) is 7.65. The molecule has 0 aliphatic heterocycles. The van der Waals surface area contributed by atoms with Crippen molar-refractivity contribution in [1.82, 2.24) is 4.90 Å². The Hall–Kier alpha value is -1.96. The van der Waals surface area contributed by atoms with Crippen LogP contribution in [0.3, 0.4) is 0 Å². The van der Waals surface area contributed by atoms with E-state index in [-0.39, 0.29) is 25.3 Å². The summed E-state index contributed by atoms with van der Waals surface area (Å²) in [5, 5.41) is 10.6. The Morgan fingerprint density at radius 3 is 2.29 bits per heavy atom. The molecule has 1 aliphatic rings. The minimum Gasteiger partial charge on any atom is -0.463 e. The molecule has 0 saturated carbocycles. The fraction of sp³-hybridized carbons (Fsp3) is 0.625. The predicted octanol–water partition coefficient (Wildman–Crippen LogP) is 2.28. The lowest BCUT2D eigenvalue weighted by atomic mass is 9.70. The van der Waals surface area contributed by atoms with Crippen molar-refractivity contribution >= 4 is 12.1 Å². The highest BCUT2D eigenvalue weighted by Crippen LogP contribution is 2.49. The van der Waals surface area contributed by atoms with Gasteiger partial charge in [0.2, 0.25) is 0 Å². The third-order valence-corrected chi connectivity index (χ3v) is 4.10. The average molecular weight is 347 g/mol. The van der Waals surface area contributed by atoms with Gasteiger partial charge in [-0.05, 0) is 39.3 Å². The molecule has 0 saturated heterocycles. The monoisotopic (exact) mass is 347 g/mol. The summed E-state index contributed by atoms with van der Waals surface area (Å²) in [6.45, 7) is 9.21. The van der Waals surface area contributed by atoms with Gasteiger partial charge in [-0.3, -0.25) is 0 Å². The third kappa shape index (κ3) is 2.90. The molecule has 0 aromatic rings. The van der Waals surface area contributed by atoms with Gasteiger partial charge in [-0.25, -0.2) is 9.59 Å². The molecule has 136 valence electrons. The topological polar surface area (TPSA) is 76.1 Å². The van der Waals surface area contributed by atoms with Crippen LogP contribution in [-0.4, -0.2) is 58.9 Å². The molecule has 0 spiro atoms. The predicted molar refractivity (Wildman–Crippen MR) is 82.6 cm³/mol. The zero-order valence-corrected chi connectivity index (χ0v) is 14.3. The molecule has 0 unspecified atom stereocenters. The highest BCUT2D eigenvalue weighted by Gasteiger charge is 2.74. The number of alkyl halides is 2. The van der Waals surface area contributed by atoms with Crippen LogP contribution in [0.5, 0.6) is 0 Å². The van der Waals surface area contributed by atoms with Crippen molar-refractivity contribution in [2.75, 3.05) is 19.7 Å². The Morgan fingerprint density at radius 2 is 1.83 bits per heavy atom. The zero-order valence-electron chi connectivity index (χ0n) is 14.3. The number of esters is 1. The van der Waals surface area contributed by atoms with Crippen molar-refractivity contribution in [2.24, 2.45) is 0 Å². The highest BCUT2D eigenvalue weighted by molar-refractivity contribution is 5.88. The van der Waals surface area contributed by atoms with E-state index in [4.69, 9.17) is 9.47 Å². The molecule has 0 bridgehead atoms. The summed E-state index contributed by atoms with van der Waals surface area (Å²) in [5.74, 6) is -5.53. The van der Waals surface area contributed by atoms with E-state index in [0.29, 0.717) is 6.08 Å². The number of halogens is 2. The summed E-state index contributed by atoms with van der Waals surface area (Å²) in [7, 11) is 0. The number of carbonyl (C=O) groups excluding carboxylic acids is 2. The molecule has 0 heterocycles. The maximum atomic E-state index is 14.7. The lowest BCUT2D eigenvalue weighted by molar-refractivity contribution is -0.243. The molecule has 2 atom stereocenters. The lowest BCUT2D eigenvalue weighted by Gasteiger charge is -2.48. The number of amides is 1. The van der Waals surface area contributed by atoms with Gasteiger partial charge < -0.3 is 19.5 Å². The van der Waals surface area contributed by atoms with Crippen molar-refractivity contribution in [3.8, 4) is 0 Å². The third-order valence-electron chi connectivity index (χ3n) is 4.10. The second-order valence-electron chi connectivity index (χ2n) is 5.50. The first-order valence-electron chi connectivity index (χ1n) is 7.65. The summed E-state index contributed by atoms with van der Waals surface area (Å²) in [4.78, 5) is 25.8. The van der Waals surface area contributed by atoms with Crippen LogP contribution in [-0.2, 0) is 14.3 Å². The maximum Gasteiger partial charge on any atom is 0.411 e. The van der Waals surface area contributed by atoms with Crippen molar-refractivity contribution in [2.45, 2.75) is 44.8 Å². The Bertz CT molecular complexity index is 555. The molecule has 1 aliphatic carbocycles. The van der Waals surface area contributed by atoms with Gasteiger partial charge in [0.05, 0.1) is 6.61 Å². The van der Waals surface area contributed by atoms with E-state index in [2.05, 4.69) is 6.58 Å². The molecule has 24 heavy (non-hydrogen) atoms. The van der Waals surface area contributed by atoms with Crippen molar-refractivity contribution < 1.29 is 33.0 Å². The smallest absolute Gasteiger partial charge is 0.411 e. The Balaban J connectivity index is 3.54. The van der Waals surface area contributed by atoms with E-state index in [1.807, 2.05) is 0 Å². The highest BCUT2D eigenvalue weighted by atomic mass is 19.3. The summed E-state index contributed by atoms with van der Waals surface area (Å²) >= 11 is 0. The number of hydrogen-bond donors (Lipinski definition) is 1. The number of carbonyl (C=O) groups is 2. The molecule has 0 fully saturated rings. The summed E-state index contributed by atoms with van der Waals surface area (Å²) in [5.41, 5.74) is -6.02. The maximum absolute atomic E-state index is 14.7. The average Bonchev–Trinajstić information content (AvgIpc) is 2.49. The minimum atomic E-state index is -3.99. The first-order chi connectivity index (χ1) is 11.0. The number of ether oxygens (including phenoxy) is 2. The van der Waals surface area contributed by atoms with Gasteiger partial charge in [0.15, 0.2) is 0 Å². The number of hydrogen-bond acceptors (Lipinski definition) is 5. The van der Waals surface area contributed by atoms with Crippen LogP contribution in [0, 0.1) is 0 Å². The summed E-state index contributed by atoms with van der Waals surface area (Å²) in [6, 6.07) is 0. The van der Waals surface area contributed by atoms with Crippen LogP contribution in [0.15, 0.2) is 24.3 Å². The zero-order chi connectivity index (χ0) is 18.8. The number of aliphatic hydroxyl groups is 1. The lowest BCUT2D eigenvalue weighted by Crippen LogP contribution is -2.72. The van der Waals surface area contributed by atoms with E-state index in [9.17, 15) is 23.5 Å². The summed E-state index contributed by atoms with van der Waals surface area (Å²) < 4.78 is 39.1.